The molecule has 1 aromatic heterocycles. The molecule has 0 saturated heterocycles. The molecule has 1 aliphatic rings. The van der Waals surface area contributed by atoms with Crippen LogP contribution in [0.15, 0.2) is 60.8 Å². The van der Waals surface area contributed by atoms with Crippen molar-refractivity contribution in [2.45, 2.75) is 34.2 Å². The number of nitrogens with zero attached hydrogens (tertiary/aromatic N) is 2. The normalized spacial score (nSPS) is 12.0. The van der Waals surface area contributed by atoms with Gasteiger partial charge in [0.2, 0.25) is 6.79 Å². The number of benzene rings is 3. The summed E-state index contributed by atoms with van der Waals surface area (Å²) in [6.07, 6.45) is 1.51. The average molecular weight is 514 g/mol. The van der Waals surface area contributed by atoms with Crippen molar-refractivity contribution in [3.05, 3.63) is 83.0 Å². The highest BCUT2D eigenvalue weighted by Gasteiger charge is 2.22. The summed E-state index contributed by atoms with van der Waals surface area (Å²) in [6, 6.07) is 17.1. The molecule has 4 aromatic rings. The van der Waals surface area contributed by atoms with Crippen LogP contribution in [-0.4, -0.2) is 41.3 Å². The molecule has 0 atom stereocenters. The topological polar surface area (TPSA) is 82.0 Å². The van der Waals surface area contributed by atoms with E-state index in [1.54, 1.807) is 29.2 Å². The first-order valence-electron chi connectivity index (χ1n) is 12.7. The molecule has 0 fully saturated rings. The Morgan fingerprint density at radius 3 is 2.42 bits per heavy atom. The molecule has 2 heterocycles. The van der Waals surface area contributed by atoms with Crippen molar-refractivity contribution in [1.29, 1.82) is 0 Å². The number of hydrogen-bond acceptors (Lipinski definition) is 5. The molecular weight excluding hydrogens is 482 g/mol. The van der Waals surface area contributed by atoms with Crippen LogP contribution in [0.4, 0.5) is 10.5 Å². The number of carbonyl (C=O) groups excluding carboxylic acids is 2. The molecule has 196 valence electrons. The third-order valence-corrected chi connectivity index (χ3v) is 6.64. The minimum atomic E-state index is -0.470. The van der Waals surface area contributed by atoms with Crippen LogP contribution in [0.3, 0.4) is 0 Å². The number of fused-ring (bicyclic) bond motifs is 2. The van der Waals surface area contributed by atoms with Crippen molar-refractivity contribution in [1.82, 2.24) is 9.47 Å². The van der Waals surface area contributed by atoms with Gasteiger partial charge in [0.1, 0.15) is 0 Å². The van der Waals surface area contributed by atoms with Gasteiger partial charge in [0.05, 0.1) is 11.2 Å². The number of carbonyl (C=O) groups is 2. The maximum absolute atomic E-state index is 13.3. The van der Waals surface area contributed by atoms with E-state index in [2.05, 4.69) is 41.9 Å². The molecule has 0 saturated carbocycles. The summed E-state index contributed by atoms with van der Waals surface area (Å²) in [4.78, 5) is 27.7. The van der Waals surface area contributed by atoms with Crippen LogP contribution in [-0.2, 0) is 6.54 Å². The van der Waals surface area contributed by atoms with E-state index in [4.69, 9.17) is 14.2 Å². The van der Waals surface area contributed by atoms with Crippen LogP contribution in [0.1, 0.15) is 40.9 Å². The molecule has 0 spiro atoms. The number of nitrogens with one attached hydrogen (secondary N) is 1. The molecule has 2 amide bonds. The fourth-order valence-corrected chi connectivity index (χ4v) is 4.83. The zero-order valence-electron chi connectivity index (χ0n) is 22.0. The Balaban J connectivity index is 1.52. The number of ether oxygens (including phenoxy) is 3. The standard InChI is InChI=1S/C30H31N3O5/c1-5-32(6-2)30(35)38-26-10-8-24-23(11-12-33(24)17-21-14-19(3)13-20(4)15-21)28(26)31-29(34)22-7-9-25-27(16-22)37-18-36-25/h7-16H,5-6,17-18H2,1-4H3,(H,31,34). The highest BCUT2D eigenvalue weighted by molar-refractivity contribution is 6.11. The van der Waals surface area contributed by atoms with E-state index in [0.29, 0.717) is 42.4 Å². The largest absolute Gasteiger partial charge is 0.454 e. The number of amides is 2. The van der Waals surface area contributed by atoms with E-state index in [1.807, 2.05) is 32.2 Å². The molecule has 0 aliphatic carbocycles. The molecule has 0 radical (unpaired) electrons. The second-order valence-electron chi connectivity index (χ2n) is 9.37. The van der Waals surface area contributed by atoms with Crippen molar-refractivity contribution < 1.29 is 23.8 Å². The first-order chi connectivity index (χ1) is 18.4. The molecular formula is C30H31N3O5. The van der Waals surface area contributed by atoms with Gasteiger partial charge in [-0.1, -0.05) is 29.3 Å². The molecule has 1 N–H and O–H groups in total. The van der Waals surface area contributed by atoms with E-state index in [1.165, 1.54) is 16.7 Å². The van der Waals surface area contributed by atoms with Gasteiger partial charge in [0.25, 0.3) is 5.91 Å². The molecule has 0 unspecified atom stereocenters. The molecule has 0 bridgehead atoms. The predicted molar refractivity (Wildman–Crippen MR) is 146 cm³/mol. The van der Waals surface area contributed by atoms with Crippen molar-refractivity contribution in [3.63, 3.8) is 0 Å². The zero-order valence-corrected chi connectivity index (χ0v) is 22.0. The van der Waals surface area contributed by atoms with Gasteiger partial charge in [-0.3, -0.25) is 4.79 Å². The molecule has 3 aromatic carbocycles. The minimum absolute atomic E-state index is 0.124. The number of anilines is 1. The highest BCUT2D eigenvalue weighted by atomic mass is 16.7. The lowest BCUT2D eigenvalue weighted by Crippen LogP contribution is -2.33. The van der Waals surface area contributed by atoms with Crippen LogP contribution in [0.5, 0.6) is 17.2 Å². The van der Waals surface area contributed by atoms with E-state index < -0.39 is 6.09 Å². The summed E-state index contributed by atoms with van der Waals surface area (Å²) in [5.41, 5.74) is 5.35. The second-order valence-corrected chi connectivity index (χ2v) is 9.37. The Hall–Kier alpha value is -4.46. The average Bonchev–Trinajstić information content (AvgIpc) is 3.52. The lowest BCUT2D eigenvalue weighted by Gasteiger charge is -2.20. The van der Waals surface area contributed by atoms with E-state index in [9.17, 15) is 9.59 Å². The van der Waals surface area contributed by atoms with Gasteiger partial charge >= 0.3 is 6.09 Å². The lowest BCUT2D eigenvalue weighted by molar-refractivity contribution is 0.102. The Kier molecular flexibility index (Phi) is 6.96. The Morgan fingerprint density at radius 2 is 1.68 bits per heavy atom. The highest BCUT2D eigenvalue weighted by Crippen LogP contribution is 2.37. The lowest BCUT2D eigenvalue weighted by atomic mass is 10.1. The third kappa shape index (κ3) is 5.02. The van der Waals surface area contributed by atoms with Crippen molar-refractivity contribution >= 4 is 28.6 Å². The van der Waals surface area contributed by atoms with Gasteiger partial charge in [-0.25, -0.2) is 4.79 Å². The van der Waals surface area contributed by atoms with Gasteiger partial charge in [0, 0.05) is 36.8 Å². The maximum atomic E-state index is 13.3. The van der Waals surface area contributed by atoms with Gasteiger partial charge in [-0.2, -0.15) is 0 Å². The molecule has 5 rings (SSSR count). The molecule has 8 nitrogen and oxygen atoms in total. The minimum Gasteiger partial charge on any atom is -0.454 e. The van der Waals surface area contributed by atoms with Gasteiger partial charge in [-0.05, 0) is 69.7 Å². The second kappa shape index (κ2) is 10.5. The number of hydrogen-bond donors (Lipinski definition) is 1. The van der Waals surface area contributed by atoms with Gasteiger partial charge in [-0.15, -0.1) is 0 Å². The number of aromatic nitrogens is 1. The molecule has 38 heavy (non-hydrogen) atoms. The van der Waals surface area contributed by atoms with Crippen molar-refractivity contribution in [2.24, 2.45) is 0 Å². The van der Waals surface area contributed by atoms with E-state index in [-0.39, 0.29) is 18.4 Å². The summed E-state index contributed by atoms with van der Waals surface area (Å²) in [5, 5.41) is 3.76. The first kappa shape index (κ1) is 25.2. The quantitative estimate of drug-likeness (QED) is 0.322. The Morgan fingerprint density at radius 1 is 0.947 bits per heavy atom. The number of aryl methyl sites for hydroxylation is 2. The smallest absolute Gasteiger partial charge is 0.415 e. The zero-order chi connectivity index (χ0) is 26.8. The molecule has 8 heteroatoms. The van der Waals surface area contributed by atoms with E-state index >= 15 is 0 Å². The fourth-order valence-electron chi connectivity index (χ4n) is 4.83. The molecule has 1 aliphatic heterocycles. The predicted octanol–water partition coefficient (Wildman–Crippen LogP) is 6.13. The van der Waals surface area contributed by atoms with Crippen LogP contribution in [0, 0.1) is 13.8 Å². The van der Waals surface area contributed by atoms with E-state index in [0.717, 1.165) is 10.9 Å². The van der Waals surface area contributed by atoms with Crippen LogP contribution in [0.25, 0.3) is 10.9 Å². The summed E-state index contributed by atoms with van der Waals surface area (Å²) in [6.45, 7) is 9.78. The SMILES string of the molecule is CCN(CC)C(=O)Oc1ccc2c(ccn2Cc2cc(C)cc(C)c2)c1NC(=O)c1ccc2c(c1)OCO2. The van der Waals surface area contributed by atoms with Crippen LogP contribution in [0.2, 0.25) is 0 Å². The van der Waals surface area contributed by atoms with Gasteiger partial charge < -0.3 is 29.0 Å². The van der Waals surface area contributed by atoms with Crippen LogP contribution < -0.4 is 19.5 Å². The Labute approximate surface area is 221 Å². The summed E-state index contributed by atoms with van der Waals surface area (Å²) >= 11 is 0. The first-order valence-corrected chi connectivity index (χ1v) is 12.7. The van der Waals surface area contributed by atoms with Crippen LogP contribution >= 0.6 is 0 Å². The Bertz CT molecular complexity index is 1500. The third-order valence-electron chi connectivity index (χ3n) is 6.64. The summed E-state index contributed by atoms with van der Waals surface area (Å²) in [5.74, 6) is 1.05. The maximum Gasteiger partial charge on any atom is 0.415 e. The van der Waals surface area contributed by atoms with Crippen molar-refractivity contribution in [3.8, 4) is 17.2 Å². The summed E-state index contributed by atoms with van der Waals surface area (Å²) in [7, 11) is 0. The van der Waals surface area contributed by atoms with Crippen molar-refractivity contribution in [2.75, 3.05) is 25.2 Å². The van der Waals surface area contributed by atoms with Gasteiger partial charge in [0.15, 0.2) is 17.2 Å². The fraction of sp³-hybridized carbons (Fsp3) is 0.267. The monoisotopic (exact) mass is 513 g/mol. The number of rotatable bonds is 7. The summed E-state index contributed by atoms with van der Waals surface area (Å²) < 4.78 is 18.7.